The Morgan fingerprint density at radius 2 is 0.968 bits per heavy atom. The highest BCUT2D eigenvalue weighted by Gasteiger charge is 2.42. The Morgan fingerprint density at radius 1 is 0.548 bits per heavy atom. The van der Waals surface area contributed by atoms with Crippen molar-refractivity contribution in [3.63, 3.8) is 0 Å². The molecule has 0 saturated carbocycles. The van der Waals surface area contributed by atoms with Gasteiger partial charge in [0.2, 0.25) is 0 Å². The fraction of sp³-hybridized carbons (Fsp3) is 0.0400. The molecule has 8 N–H and O–H groups in total. The van der Waals surface area contributed by atoms with Gasteiger partial charge in [0.05, 0.1) is 0 Å². The van der Waals surface area contributed by atoms with Gasteiger partial charge in [0.1, 0.15) is 5.60 Å². The van der Waals surface area contributed by atoms with Gasteiger partial charge in [0.25, 0.3) is 0 Å². The maximum atomic E-state index is 9.97. The van der Waals surface area contributed by atoms with Crippen LogP contribution in [0.3, 0.4) is 0 Å². The first-order valence-electron chi connectivity index (χ1n) is 9.52. The Hall–Kier alpha value is -3.26. The first kappa shape index (κ1) is 24.0. The molecule has 0 heterocycles. The van der Waals surface area contributed by atoms with Crippen LogP contribution in [0.5, 0.6) is 0 Å². The largest absolute Gasteiger partial charge is 0.635 e. The first-order valence-corrected chi connectivity index (χ1v) is 9.52. The summed E-state index contributed by atoms with van der Waals surface area (Å²) >= 11 is 0. The van der Waals surface area contributed by atoms with Crippen LogP contribution in [0.4, 0.5) is 0 Å². The first-order chi connectivity index (χ1) is 14.2. The normalized spacial score (nSPS) is 10.5. The van der Waals surface area contributed by atoms with Gasteiger partial charge >= 0.3 is 7.32 Å². The molecular formula is C25H27BN2O3. The minimum atomic E-state index is -1.96. The molecule has 5 nitrogen and oxygen atoms in total. The fourth-order valence-corrected chi connectivity index (χ4v) is 3.84. The highest BCUT2D eigenvalue weighted by molar-refractivity contribution is 6.33. The van der Waals surface area contributed by atoms with Crippen LogP contribution in [-0.2, 0) is 10.3 Å². The summed E-state index contributed by atoms with van der Waals surface area (Å²) < 4.78 is 5.97. The van der Waals surface area contributed by atoms with Crippen LogP contribution in [-0.4, -0.2) is 17.4 Å². The van der Waals surface area contributed by atoms with Gasteiger partial charge < -0.3 is 27.0 Å². The molecule has 0 aliphatic carbocycles. The van der Waals surface area contributed by atoms with Gasteiger partial charge in [-0.2, -0.15) is 0 Å². The standard InChI is InChI=1S/C25H21BO3.2H3N/c27-26(28)29-25(21-14-6-2-7-15-21,22-16-8-3-9-17-22)24-19-11-10-18-23(24)20-12-4-1-5-13-20;;/h1-19,27-28H;2*1H3. The predicted molar refractivity (Wildman–Crippen MR) is 126 cm³/mol. The lowest BCUT2D eigenvalue weighted by Crippen LogP contribution is -2.39. The molecule has 4 aromatic rings. The fourth-order valence-electron chi connectivity index (χ4n) is 3.84. The second-order valence-electron chi connectivity index (χ2n) is 6.77. The lowest BCUT2D eigenvalue weighted by atomic mass is 9.76. The Morgan fingerprint density at radius 3 is 1.45 bits per heavy atom. The highest BCUT2D eigenvalue weighted by Crippen LogP contribution is 2.44. The maximum Gasteiger partial charge on any atom is 0.635 e. The molecule has 0 aliphatic heterocycles. The molecule has 0 saturated heterocycles. The molecule has 31 heavy (non-hydrogen) atoms. The summed E-state index contributed by atoms with van der Waals surface area (Å²) in [7, 11) is -1.96. The van der Waals surface area contributed by atoms with E-state index in [0.29, 0.717) is 0 Å². The Bertz CT molecular complexity index is 1020. The topological polar surface area (TPSA) is 120 Å². The van der Waals surface area contributed by atoms with E-state index in [0.717, 1.165) is 27.8 Å². The summed E-state index contributed by atoms with van der Waals surface area (Å²) in [5, 5.41) is 19.9. The summed E-state index contributed by atoms with van der Waals surface area (Å²) in [6.07, 6.45) is 0. The minimum absolute atomic E-state index is 0. The summed E-state index contributed by atoms with van der Waals surface area (Å²) in [5.41, 5.74) is 3.22. The Kier molecular flexibility index (Phi) is 8.27. The molecule has 0 amide bonds. The average Bonchev–Trinajstić information content (AvgIpc) is 2.79. The van der Waals surface area contributed by atoms with Crippen LogP contribution in [0.2, 0.25) is 0 Å². The van der Waals surface area contributed by atoms with Gasteiger partial charge in [-0.1, -0.05) is 115 Å². The van der Waals surface area contributed by atoms with Gasteiger partial charge in [0.15, 0.2) is 0 Å². The van der Waals surface area contributed by atoms with Gasteiger partial charge in [0, 0.05) is 0 Å². The molecule has 0 atom stereocenters. The van der Waals surface area contributed by atoms with Crippen molar-refractivity contribution >= 4 is 7.32 Å². The molecular weight excluding hydrogens is 387 g/mol. The molecule has 0 spiro atoms. The summed E-state index contributed by atoms with van der Waals surface area (Å²) in [5.74, 6) is 0. The van der Waals surface area contributed by atoms with Crippen LogP contribution < -0.4 is 12.3 Å². The van der Waals surface area contributed by atoms with Crippen LogP contribution >= 0.6 is 0 Å². The van der Waals surface area contributed by atoms with Gasteiger partial charge in [-0.3, -0.25) is 0 Å². The van der Waals surface area contributed by atoms with E-state index in [4.69, 9.17) is 4.65 Å². The van der Waals surface area contributed by atoms with Crippen LogP contribution in [0.1, 0.15) is 16.7 Å². The van der Waals surface area contributed by atoms with Crippen LogP contribution in [0, 0.1) is 0 Å². The van der Waals surface area contributed by atoms with E-state index in [2.05, 4.69) is 0 Å². The molecule has 4 aromatic carbocycles. The molecule has 4 rings (SSSR count). The number of benzene rings is 4. The molecule has 0 fully saturated rings. The van der Waals surface area contributed by atoms with Crippen molar-refractivity contribution in [2.45, 2.75) is 5.60 Å². The van der Waals surface area contributed by atoms with E-state index in [1.54, 1.807) is 0 Å². The quantitative estimate of drug-likeness (QED) is 0.263. The molecule has 0 aliphatic rings. The zero-order valence-corrected chi connectivity index (χ0v) is 17.3. The van der Waals surface area contributed by atoms with Gasteiger partial charge in [-0.05, 0) is 27.8 Å². The van der Waals surface area contributed by atoms with Crippen molar-refractivity contribution < 1.29 is 14.7 Å². The molecule has 0 aromatic heterocycles. The monoisotopic (exact) mass is 414 g/mol. The molecule has 6 heteroatoms. The minimum Gasteiger partial charge on any atom is -0.402 e. The lowest BCUT2D eigenvalue weighted by molar-refractivity contribution is 0.0819. The van der Waals surface area contributed by atoms with E-state index < -0.39 is 12.9 Å². The number of hydrogen-bond acceptors (Lipinski definition) is 5. The third kappa shape index (κ3) is 4.75. The summed E-state index contributed by atoms with van der Waals surface area (Å²) in [6, 6.07) is 37.2. The zero-order chi connectivity index (χ0) is 20.1. The van der Waals surface area contributed by atoms with Crippen molar-refractivity contribution in [2.24, 2.45) is 0 Å². The van der Waals surface area contributed by atoms with Crippen molar-refractivity contribution in [2.75, 3.05) is 0 Å². The average molecular weight is 414 g/mol. The van der Waals surface area contributed by atoms with Crippen LogP contribution in [0.15, 0.2) is 115 Å². The van der Waals surface area contributed by atoms with E-state index in [1.807, 2.05) is 115 Å². The molecule has 0 radical (unpaired) electrons. The van der Waals surface area contributed by atoms with E-state index in [-0.39, 0.29) is 12.3 Å². The lowest BCUT2D eigenvalue weighted by Gasteiger charge is -2.37. The molecule has 158 valence electrons. The maximum absolute atomic E-state index is 9.97. The van der Waals surface area contributed by atoms with Gasteiger partial charge in [-0.25, -0.2) is 0 Å². The van der Waals surface area contributed by atoms with E-state index in [9.17, 15) is 10.0 Å². The molecule has 0 bridgehead atoms. The van der Waals surface area contributed by atoms with E-state index in [1.165, 1.54) is 0 Å². The Balaban J connectivity index is 0.00000171. The van der Waals surface area contributed by atoms with E-state index >= 15 is 0 Å². The van der Waals surface area contributed by atoms with Crippen molar-refractivity contribution in [3.8, 4) is 11.1 Å². The summed E-state index contributed by atoms with van der Waals surface area (Å²) in [4.78, 5) is 0. The SMILES string of the molecule is N.N.OB(O)OC(c1ccccc1)(c1ccccc1)c1ccccc1-c1ccccc1. The predicted octanol–water partition coefficient (Wildman–Crippen LogP) is 4.96. The van der Waals surface area contributed by atoms with Crippen LogP contribution in [0.25, 0.3) is 11.1 Å². The number of hydrogen-bond donors (Lipinski definition) is 4. The molecule has 0 unspecified atom stereocenters. The second-order valence-corrected chi connectivity index (χ2v) is 6.77. The van der Waals surface area contributed by atoms with Crippen molar-refractivity contribution in [3.05, 3.63) is 132 Å². The number of rotatable bonds is 6. The van der Waals surface area contributed by atoms with Gasteiger partial charge in [-0.15, -0.1) is 0 Å². The second kappa shape index (κ2) is 10.7. The third-order valence-corrected chi connectivity index (χ3v) is 5.03. The van der Waals surface area contributed by atoms with Crippen molar-refractivity contribution in [1.29, 1.82) is 0 Å². The summed E-state index contributed by atoms with van der Waals surface area (Å²) in [6.45, 7) is 0. The zero-order valence-electron chi connectivity index (χ0n) is 17.3. The Labute approximate surface area is 183 Å². The highest BCUT2D eigenvalue weighted by atomic mass is 16.6. The smallest absolute Gasteiger partial charge is 0.402 e. The van der Waals surface area contributed by atoms with Crippen molar-refractivity contribution in [1.82, 2.24) is 12.3 Å². The third-order valence-electron chi connectivity index (χ3n) is 5.03.